The van der Waals surface area contributed by atoms with E-state index in [4.69, 9.17) is 37.6 Å². The van der Waals surface area contributed by atoms with Gasteiger partial charge in [-0.3, -0.25) is 4.79 Å². The van der Waals surface area contributed by atoms with Crippen LogP contribution < -0.4 is 19.6 Å². The lowest BCUT2D eigenvalue weighted by molar-refractivity contribution is -0.361. The summed E-state index contributed by atoms with van der Waals surface area (Å²) in [6.07, 6.45) is -19.0. The van der Waals surface area contributed by atoms with Crippen molar-refractivity contribution >= 4 is 11.0 Å². The molecule has 4 aromatic rings. The normalized spacial score (nSPS) is 31.3. The van der Waals surface area contributed by atoms with E-state index >= 15 is 0 Å². The highest BCUT2D eigenvalue weighted by Gasteiger charge is 2.51. The van der Waals surface area contributed by atoms with Crippen LogP contribution in [0, 0.1) is 0 Å². The van der Waals surface area contributed by atoms with Gasteiger partial charge in [0.1, 0.15) is 71.3 Å². The van der Waals surface area contributed by atoms with E-state index in [1.54, 1.807) is 0 Å². The average Bonchev–Trinajstić information content (AvgIpc) is 3.19. The Morgan fingerprint density at radius 1 is 0.702 bits per heavy atom. The van der Waals surface area contributed by atoms with Gasteiger partial charge in [-0.25, -0.2) is 0 Å². The van der Waals surface area contributed by atoms with Crippen LogP contribution in [0.2, 0.25) is 0 Å². The number of phenols is 3. The molecule has 0 bridgehead atoms. The van der Waals surface area contributed by atoms with Crippen molar-refractivity contribution in [3.05, 3.63) is 64.3 Å². The van der Waals surface area contributed by atoms with Gasteiger partial charge in [-0.1, -0.05) is 6.07 Å². The molecule has 1 aromatic heterocycles. The van der Waals surface area contributed by atoms with E-state index in [0.717, 1.165) is 12.1 Å². The zero-order valence-corrected chi connectivity index (χ0v) is 29.8. The summed E-state index contributed by atoms with van der Waals surface area (Å²) in [5.41, 5.74) is -0.659. The maximum atomic E-state index is 13.0. The quantitative estimate of drug-likeness (QED) is 0.0898. The fraction of sp³-hybridized carbons (Fsp3) is 0.432. The van der Waals surface area contributed by atoms with Crippen molar-refractivity contribution in [2.24, 2.45) is 0 Å². The van der Waals surface area contributed by atoms with Gasteiger partial charge in [-0.15, -0.1) is 0 Å². The van der Waals surface area contributed by atoms with E-state index in [2.05, 4.69) is 0 Å². The summed E-state index contributed by atoms with van der Waals surface area (Å²) in [6, 6.07) is 10.6. The molecule has 0 saturated carbocycles. The van der Waals surface area contributed by atoms with Crippen molar-refractivity contribution < 1.29 is 93.7 Å². The van der Waals surface area contributed by atoms with Crippen molar-refractivity contribution in [1.29, 1.82) is 0 Å². The minimum atomic E-state index is -1.88. The standard InChI is InChI=1S/C37H40O20/c1-50-19-6-13(2-4-16(19)41)33-24(12-51-36-32(49)35(27(44)23(11-39)55-36)57-37-31(48)29(46)26(43)22(10-38)56-37)52-18-5-3-14(7-20(18)53-33)34-30(47)28(45)25-17(42)8-15(40)9-21(25)54-34/h2-9,22-24,26-27,29,31-33,35-44,46-49H,10-12H2,1H3/t22-,23-,24-,26-,27+,29+,31-,32-,33-,35+,36-,37-/m1/s1. The van der Waals surface area contributed by atoms with Gasteiger partial charge in [0.2, 0.25) is 11.2 Å². The zero-order valence-electron chi connectivity index (χ0n) is 29.8. The molecule has 0 radical (unpaired) electrons. The summed E-state index contributed by atoms with van der Waals surface area (Å²) in [7, 11) is 1.33. The summed E-state index contributed by atoms with van der Waals surface area (Å²) in [6.45, 7) is -1.98. The molecule has 20 nitrogen and oxygen atoms in total. The lowest BCUT2D eigenvalue weighted by atomic mass is 9.97. The second-order valence-corrected chi connectivity index (χ2v) is 13.6. The van der Waals surface area contributed by atoms with Crippen LogP contribution in [0.3, 0.4) is 0 Å². The molecule has 0 amide bonds. The number of hydrogen-bond acceptors (Lipinski definition) is 20. The highest BCUT2D eigenvalue weighted by molar-refractivity contribution is 5.88. The number of benzene rings is 3. The molecule has 7 rings (SSSR count). The van der Waals surface area contributed by atoms with Crippen molar-refractivity contribution in [1.82, 2.24) is 0 Å². The van der Waals surface area contributed by atoms with E-state index in [1.807, 2.05) is 0 Å². The molecule has 3 aliphatic heterocycles. The minimum absolute atomic E-state index is 0.0728. The lowest BCUT2D eigenvalue weighted by Gasteiger charge is -2.46. The Bertz CT molecular complexity index is 2140. The van der Waals surface area contributed by atoms with Crippen LogP contribution in [0.25, 0.3) is 22.3 Å². The molecule has 3 aliphatic rings. The van der Waals surface area contributed by atoms with Crippen molar-refractivity contribution in [2.75, 3.05) is 26.9 Å². The monoisotopic (exact) mass is 804 g/mol. The van der Waals surface area contributed by atoms with Crippen LogP contribution in [0.4, 0.5) is 0 Å². The van der Waals surface area contributed by atoms with Gasteiger partial charge in [0.15, 0.2) is 53.5 Å². The Balaban J connectivity index is 1.17. The number of aromatic hydroxyl groups is 4. The van der Waals surface area contributed by atoms with E-state index in [0.29, 0.717) is 5.56 Å². The van der Waals surface area contributed by atoms with Crippen LogP contribution in [0.1, 0.15) is 11.7 Å². The molecule has 2 fully saturated rings. The number of ether oxygens (including phenoxy) is 7. The van der Waals surface area contributed by atoms with Crippen LogP contribution in [-0.4, -0.2) is 151 Å². The maximum Gasteiger partial charge on any atom is 0.238 e. The van der Waals surface area contributed by atoms with E-state index in [9.17, 15) is 61.0 Å². The minimum Gasteiger partial charge on any atom is -0.508 e. The Morgan fingerprint density at radius 2 is 1.42 bits per heavy atom. The van der Waals surface area contributed by atoms with Gasteiger partial charge in [0.25, 0.3) is 0 Å². The third-order valence-electron chi connectivity index (χ3n) is 9.93. The highest BCUT2D eigenvalue weighted by atomic mass is 16.7. The molecular formula is C37H40O20. The first kappa shape index (κ1) is 40.2. The van der Waals surface area contributed by atoms with Crippen LogP contribution >= 0.6 is 0 Å². The highest BCUT2D eigenvalue weighted by Crippen LogP contribution is 2.45. The van der Waals surface area contributed by atoms with E-state index < -0.39 is 116 Å². The Morgan fingerprint density at radius 3 is 2.14 bits per heavy atom. The summed E-state index contributed by atoms with van der Waals surface area (Å²) in [4.78, 5) is 13.0. The fourth-order valence-corrected chi connectivity index (χ4v) is 6.90. The number of methoxy groups -OCH3 is 1. The van der Waals surface area contributed by atoms with Gasteiger partial charge >= 0.3 is 0 Å². The molecule has 3 aromatic carbocycles. The number of hydrogen-bond donors (Lipinski definition) is 11. The summed E-state index contributed by atoms with van der Waals surface area (Å²) < 4.78 is 46.3. The van der Waals surface area contributed by atoms with Crippen molar-refractivity contribution in [3.63, 3.8) is 0 Å². The predicted octanol–water partition coefficient (Wildman–Crippen LogP) is -1.19. The van der Waals surface area contributed by atoms with Crippen LogP contribution in [0.5, 0.6) is 40.2 Å². The largest absolute Gasteiger partial charge is 0.508 e. The van der Waals surface area contributed by atoms with Gasteiger partial charge in [-0.2, -0.15) is 0 Å². The first-order chi connectivity index (χ1) is 27.2. The van der Waals surface area contributed by atoms with Crippen molar-refractivity contribution in [2.45, 2.75) is 73.6 Å². The molecule has 0 unspecified atom stereocenters. The summed E-state index contributed by atoms with van der Waals surface area (Å²) >= 11 is 0. The molecule has 12 atom stereocenters. The topological polar surface area (TPSA) is 317 Å². The SMILES string of the molecule is COc1cc([C@H]2Oc3cc(-c4oc5cc(O)cc(O)c5c(=O)c4O)ccc3O[C@@H]2CO[C@@H]2O[C@H](CO)[C@H](O)[C@H](O[C@H]3O[C@H](CO)[C@@H](O)[C@H](O)[C@H]3O)[C@H]2O)ccc1O. The van der Waals surface area contributed by atoms with E-state index in [1.165, 1.54) is 43.5 Å². The molecule has 20 heteroatoms. The van der Waals surface area contributed by atoms with Crippen LogP contribution in [0.15, 0.2) is 57.7 Å². The third kappa shape index (κ3) is 7.48. The lowest BCUT2D eigenvalue weighted by Crippen LogP contribution is -2.65. The average molecular weight is 805 g/mol. The first-order valence-corrected chi connectivity index (χ1v) is 17.5. The summed E-state index contributed by atoms with van der Waals surface area (Å²) in [5, 5.41) is 114. The van der Waals surface area contributed by atoms with Gasteiger partial charge in [0.05, 0.1) is 26.9 Å². The molecule has 11 N–H and O–H groups in total. The summed E-state index contributed by atoms with van der Waals surface area (Å²) in [5.74, 6) is -2.06. The number of phenolic OH excluding ortho intramolecular Hbond substituents is 3. The van der Waals surface area contributed by atoms with E-state index in [-0.39, 0.29) is 45.3 Å². The first-order valence-electron chi connectivity index (χ1n) is 17.5. The second-order valence-electron chi connectivity index (χ2n) is 13.6. The zero-order chi connectivity index (χ0) is 40.9. The second kappa shape index (κ2) is 16.1. The molecule has 0 aliphatic carbocycles. The molecule has 4 heterocycles. The Labute approximate surface area is 321 Å². The van der Waals surface area contributed by atoms with Crippen LogP contribution in [-0.2, 0) is 18.9 Å². The third-order valence-corrected chi connectivity index (χ3v) is 9.93. The van der Waals surface area contributed by atoms with Crippen molar-refractivity contribution in [3.8, 4) is 51.6 Å². The fourth-order valence-electron chi connectivity index (χ4n) is 6.90. The molecular weight excluding hydrogens is 764 g/mol. The maximum absolute atomic E-state index is 13.0. The van der Waals surface area contributed by atoms with Gasteiger partial charge in [-0.05, 0) is 30.3 Å². The predicted molar refractivity (Wildman–Crippen MR) is 188 cm³/mol. The Hall–Kier alpha value is -4.97. The number of aliphatic hydroxyl groups is 7. The molecule has 0 spiro atoms. The molecule has 308 valence electrons. The Kier molecular flexibility index (Phi) is 11.4. The number of aliphatic hydroxyl groups excluding tert-OH is 7. The molecule has 57 heavy (non-hydrogen) atoms. The number of fused-ring (bicyclic) bond motifs is 2. The smallest absolute Gasteiger partial charge is 0.238 e. The molecule has 2 saturated heterocycles. The van der Waals surface area contributed by atoms with Gasteiger partial charge in [0, 0.05) is 23.3 Å². The van der Waals surface area contributed by atoms with Gasteiger partial charge < -0.3 is 93.7 Å². The number of rotatable bonds is 10.